The fourth-order valence-electron chi connectivity index (χ4n) is 3.11. The second-order valence-electron chi connectivity index (χ2n) is 6.41. The minimum Gasteiger partial charge on any atom is -0.378 e. The number of hydrogen-bond acceptors (Lipinski definition) is 6. The normalized spacial score (nSPS) is 14.4. The van der Waals surface area contributed by atoms with E-state index in [0.29, 0.717) is 19.0 Å². The van der Waals surface area contributed by atoms with Gasteiger partial charge in [-0.3, -0.25) is 9.36 Å². The number of anilines is 1. The molecule has 8 heteroatoms. The van der Waals surface area contributed by atoms with E-state index in [4.69, 9.17) is 4.74 Å². The lowest BCUT2D eigenvalue weighted by molar-refractivity contribution is -0.127. The van der Waals surface area contributed by atoms with Gasteiger partial charge in [0.2, 0.25) is 11.9 Å². The Balaban J connectivity index is 1.89. The summed E-state index contributed by atoms with van der Waals surface area (Å²) in [6, 6.07) is 8.27. The Labute approximate surface area is 164 Å². The molecule has 7 nitrogen and oxygen atoms in total. The highest BCUT2D eigenvalue weighted by molar-refractivity contribution is 7.99. The van der Waals surface area contributed by atoms with Crippen LogP contribution in [-0.2, 0) is 9.53 Å². The van der Waals surface area contributed by atoms with Crippen LogP contribution in [-0.4, -0.2) is 70.7 Å². The van der Waals surface area contributed by atoms with Crippen LogP contribution in [0.15, 0.2) is 29.4 Å². The van der Waals surface area contributed by atoms with Gasteiger partial charge in [-0.05, 0) is 38.5 Å². The number of thioether (sulfide) groups is 1. The van der Waals surface area contributed by atoms with Crippen molar-refractivity contribution in [1.82, 2.24) is 19.7 Å². The number of benzene rings is 1. The third kappa shape index (κ3) is 4.62. The SMILES string of the molecule is CCN(CC)C(=O)CSc1nnc(N2CCOCC2)n1-c1cccc(C)c1. The molecule has 1 aliphatic heterocycles. The summed E-state index contributed by atoms with van der Waals surface area (Å²) in [4.78, 5) is 16.4. The zero-order chi connectivity index (χ0) is 19.2. The maximum absolute atomic E-state index is 12.4. The summed E-state index contributed by atoms with van der Waals surface area (Å²) in [5.41, 5.74) is 2.18. The van der Waals surface area contributed by atoms with Gasteiger partial charge in [0, 0.05) is 26.2 Å². The van der Waals surface area contributed by atoms with Gasteiger partial charge in [0.1, 0.15) is 0 Å². The fourth-order valence-corrected chi connectivity index (χ4v) is 3.96. The lowest BCUT2D eigenvalue weighted by atomic mass is 10.2. The van der Waals surface area contributed by atoms with Crippen molar-refractivity contribution in [3.8, 4) is 5.69 Å². The Kier molecular flexibility index (Phi) is 6.73. The molecule has 3 rings (SSSR count). The number of rotatable bonds is 7. The van der Waals surface area contributed by atoms with Crippen molar-refractivity contribution >= 4 is 23.6 Å². The maximum atomic E-state index is 12.4. The Morgan fingerprint density at radius 2 is 1.96 bits per heavy atom. The van der Waals surface area contributed by atoms with Crippen molar-refractivity contribution in [3.63, 3.8) is 0 Å². The number of aromatic nitrogens is 3. The highest BCUT2D eigenvalue weighted by Crippen LogP contribution is 2.27. The van der Waals surface area contributed by atoms with E-state index in [9.17, 15) is 4.79 Å². The monoisotopic (exact) mass is 389 g/mol. The minimum atomic E-state index is 0.122. The molecule has 0 unspecified atom stereocenters. The first-order valence-electron chi connectivity index (χ1n) is 9.39. The number of hydrogen-bond donors (Lipinski definition) is 0. The molecule has 1 aromatic carbocycles. The number of amides is 1. The average molecular weight is 390 g/mol. The molecule has 0 atom stereocenters. The van der Waals surface area contributed by atoms with Crippen LogP contribution < -0.4 is 4.90 Å². The first-order valence-corrected chi connectivity index (χ1v) is 10.4. The third-order valence-corrected chi connectivity index (χ3v) is 5.52. The molecule has 2 aromatic rings. The smallest absolute Gasteiger partial charge is 0.233 e. The Morgan fingerprint density at radius 1 is 1.22 bits per heavy atom. The van der Waals surface area contributed by atoms with Crippen LogP contribution in [0.2, 0.25) is 0 Å². The Hall–Kier alpha value is -2.06. The summed E-state index contributed by atoms with van der Waals surface area (Å²) in [6.07, 6.45) is 0. The zero-order valence-corrected chi connectivity index (χ0v) is 17.0. The van der Waals surface area contributed by atoms with Crippen molar-refractivity contribution in [3.05, 3.63) is 29.8 Å². The van der Waals surface area contributed by atoms with Gasteiger partial charge in [0.15, 0.2) is 5.16 Å². The van der Waals surface area contributed by atoms with Crippen molar-refractivity contribution < 1.29 is 9.53 Å². The van der Waals surface area contributed by atoms with E-state index >= 15 is 0 Å². The molecule has 146 valence electrons. The van der Waals surface area contributed by atoms with Crippen molar-refractivity contribution in [1.29, 1.82) is 0 Å². The topological polar surface area (TPSA) is 63.5 Å². The van der Waals surface area contributed by atoms with Gasteiger partial charge in [-0.15, -0.1) is 10.2 Å². The standard InChI is InChI=1S/C19H27N5O2S/c1-4-22(5-2)17(25)14-27-19-21-20-18(23-9-11-26-12-10-23)24(19)16-8-6-7-15(3)13-16/h6-8,13H,4-5,9-12,14H2,1-3H3. The second-order valence-corrected chi connectivity index (χ2v) is 7.35. The number of aryl methyl sites for hydroxylation is 1. The molecule has 0 aliphatic carbocycles. The van der Waals surface area contributed by atoms with Crippen molar-refractivity contribution in [2.24, 2.45) is 0 Å². The molecule has 0 bridgehead atoms. The fraction of sp³-hybridized carbons (Fsp3) is 0.526. The van der Waals surface area contributed by atoms with E-state index in [1.165, 1.54) is 17.3 Å². The van der Waals surface area contributed by atoms with Crippen LogP contribution in [0.3, 0.4) is 0 Å². The van der Waals surface area contributed by atoms with E-state index in [2.05, 4.69) is 44.8 Å². The molecule has 27 heavy (non-hydrogen) atoms. The molecule has 0 radical (unpaired) electrons. The van der Waals surface area contributed by atoms with E-state index in [1.54, 1.807) is 0 Å². The predicted octanol–water partition coefficient (Wildman–Crippen LogP) is 2.37. The number of nitrogens with zero attached hydrogens (tertiary/aromatic N) is 5. The average Bonchev–Trinajstić information content (AvgIpc) is 3.12. The van der Waals surface area contributed by atoms with Crippen LogP contribution >= 0.6 is 11.8 Å². The number of ether oxygens (including phenoxy) is 1. The molecule has 0 saturated carbocycles. The van der Waals surface area contributed by atoms with E-state index < -0.39 is 0 Å². The first-order chi connectivity index (χ1) is 13.1. The largest absolute Gasteiger partial charge is 0.378 e. The Bertz CT molecular complexity index is 769. The van der Waals surface area contributed by atoms with Crippen LogP contribution in [0.25, 0.3) is 5.69 Å². The zero-order valence-electron chi connectivity index (χ0n) is 16.2. The van der Waals surface area contributed by atoms with Gasteiger partial charge in [-0.25, -0.2) is 0 Å². The van der Waals surface area contributed by atoms with Crippen LogP contribution in [0, 0.1) is 6.92 Å². The summed E-state index contributed by atoms with van der Waals surface area (Å²) >= 11 is 1.44. The number of morpholine rings is 1. The summed E-state index contributed by atoms with van der Waals surface area (Å²) in [5, 5.41) is 9.59. The Morgan fingerprint density at radius 3 is 2.63 bits per heavy atom. The molecule has 2 heterocycles. The molecule has 1 amide bonds. The van der Waals surface area contributed by atoms with E-state index in [-0.39, 0.29) is 5.91 Å². The molecule has 1 aliphatic rings. The van der Waals surface area contributed by atoms with Gasteiger partial charge in [-0.2, -0.15) is 0 Å². The molecule has 0 N–H and O–H groups in total. The minimum absolute atomic E-state index is 0.122. The lowest BCUT2D eigenvalue weighted by Gasteiger charge is -2.28. The van der Waals surface area contributed by atoms with Gasteiger partial charge in [-0.1, -0.05) is 23.9 Å². The molecule has 0 spiro atoms. The molecular formula is C19H27N5O2S. The number of carbonyl (C=O) groups is 1. The highest BCUT2D eigenvalue weighted by Gasteiger charge is 2.22. The quantitative estimate of drug-likeness (QED) is 0.678. The molecule has 1 aromatic heterocycles. The molecular weight excluding hydrogens is 362 g/mol. The lowest BCUT2D eigenvalue weighted by Crippen LogP contribution is -2.38. The molecule has 1 fully saturated rings. The van der Waals surface area contributed by atoms with Crippen LogP contribution in [0.1, 0.15) is 19.4 Å². The van der Waals surface area contributed by atoms with Crippen molar-refractivity contribution in [2.75, 3.05) is 50.0 Å². The summed E-state index contributed by atoms with van der Waals surface area (Å²) in [7, 11) is 0. The van der Waals surface area contributed by atoms with Crippen LogP contribution in [0.5, 0.6) is 0 Å². The first kappa shape index (κ1) is 19.7. The molecule has 1 saturated heterocycles. The predicted molar refractivity (Wildman–Crippen MR) is 108 cm³/mol. The second kappa shape index (κ2) is 9.23. The van der Waals surface area contributed by atoms with E-state index in [1.807, 2.05) is 24.8 Å². The third-order valence-electron chi connectivity index (χ3n) is 4.61. The van der Waals surface area contributed by atoms with Crippen molar-refractivity contribution in [2.45, 2.75) is 25.9 Å². The highest BCUT2D eigenvalue weighted by atomic mass is 32.2. The summed E-state index contributed by atoms with van der Waals surface area (Å²) < 4.78 is 7.52. The van der Waals surface area contributed by atoms with Crippen LogP contribution in [0.4, 0.5) is 5.95 Å². The van der Waals surface area contributed by atoms with Gasteiger partial charge in [0.05, 0.1) is 24.7 Å². The van der Waals surface area contributed by atoms with Gasteiger partial charge in [0.25, 0.3) is 0 Å². The summed E-state index contributed by atoms with van der Waals surface area (Å²) in [6.45, 7) is 10.4. The summed E-state index contributed by atoms with van der Waals surface area (Å²) in [5.74, 6) is 1.28. The van der Waals surface area contributed by atoms with Gasteiger partial charge >= 0.3 is 0 Å². The maximum Gasteiger partial charge on any atom is 0.233 e. The van der Waals surface area contributed by atoms with Gasteiger partial charge < -0.3 is 14.5 Å². The number of carbonyl (C=O) groups excluding carboxylic acids is 1. The van der Waals surface area contributed by atoms with E-state index in [0.717, 1.165) is 43.0 Å².